The molecule has 1 saturated heterocycles. The molecule has 1 fully saturated rings. The molecule has 1 aromatic carbocycles. The number of aromatic nitrogens is 4. The number of aryl methyl sites for hydroxylation is 1. The normalized spacial score (nSPS) is 14.0. The fourth-order valence-corrected chi connectivity index (χ4v) is 3.19. The number of carbonyl (C=O) groups is 1. The highest BCUT2D eigenvalue weighted by Crippen LogP contribution is 2.31. The Morgan fingerprint density at radius 1 is 1.19 bits per heavy atom. The van der Waals surface area contributed by atoms with Crippen molar-refractivity contribution in [2.45, 2.75) is 6.54 Å². The monoisotopic (exact) mass is 372 g/mol. The first-order valence-corrected chi connectivity index (χ1v) is 8.55. The topological polar surface area (TPSA) is 68.0 Å². The number of nitrogens with one attached hydrogen (secondary N) is 1. The number of benzene rings is 1. The second-order valence-corrected chi connectivity index (χ2v) is 6.34. The molecule has 0 bridgehead atoms. The van der Waals surface area contributed by atoms with Gasteiger partial charge >= 0.3 is 6.03 Å². The molecule has 1 aliphatic rings. The van der Waals surface area contributed by atoms with Crippen molar-refractivity contribution in [3.63, 3.8) is 0 Å². The highest BCUT2D eigenvalue weighted by atomic mass is 19.2. The van der Waals surface area contributed by atoms with E-state index in [0.29, 0.717) is 49.0 Å². The summed E-state index contributed by atoms with van der Waals surface area (Å²) < 4.78 is 30.8. The van der Waals surface area contributed by atoms with Crippen LogP contribution in [0.25, 0.3) is 22.8 Å². The zero-order valence-corrected chi connectivity index (χ0v) is 14.7. The van der Waals surface area contributed by atoms with E-state index in [2.05, 4.69) is 15.3 Å². The molecule has 7 nitrogen and oxygen atoms in total. The molecule has 27 heavy (non-hydrogen) atoms. The van der Waals surface area contributed by atoms with Crippen LogP contribution in [-0.2, 0) is 13.6 Å². The minimum Gasteiger partial charge on any atom is -0.336 e. The summed E-state index contributed by atoms with van der Waals surface area (Å²) in [6.07, 6.45) is 5.10. The van der Waals surface area contributed by atoms with E-state index < -0.39 is 11.6 Å². The maximum absolute atomic E-state index is 13.7. The molecule has 0 atom stereocenters. The van der Waals surface area contributed by atoms with E-state index >= 15 is 0 Å². The Hall–Kier alpha value is -3.23. The van der Waals surface area contributed by atoms with Gasteiger partial charge in [0.15, 0.2) is 17.5 Å². The summed E-state index contributed by atoms with van der Waals surface area (Å²) >= 11 is 0. The molecule has 2 amide bonds. The molecular weight excluding hydrogens is 354 g/mol. The third kappa shape index (κ3) is 3.16. The maximum atomic E-state index is 13.7. The lowest BCUT2D eigenvalue weighted by Crippen LogP contribution is -2.31. The number of imidazole rings is 2. The van der Waals surface area contributed by atoms with Gasteiger partial charge in [0.2, 0.25) is 0 Å². The summed E-state index contributed by atoms with van der Waals surface area (Å²) in [4.78, 5) is 22.3. The van der Waals surface area contributed by atoms with Crippen molar-refractivity contribution in [1.82, 2.24) is 29.3 Å². The molecule has 0 radical (unpaired) electrons. The van der Waals surface area contributed by atoms with Crippen molar-refractivity contribution < 1.29 is 13.6 Å². The summed E-state index contributed by atoms with van der Waals surface area (Å²) in [7, 11) is 1.85. The summed E-state index contributed by atoms with van der Waals surface area (Å²) in [6.45, 7) is 2.31. The molecule has 9 heteroatoms. The van der Waals surface area contributed by atoms with Gasteiger partial charge in [-0.25, -0.2) is 23.5 Å². The predicted octanol–water partition coefficient (Wildman–Crippen LogP) is 2.25. The number of hydrogen-bond donors (Lipinski definition) is 1. The maximum Gasteiger partial charge on any atom is 0.317 e. The Morgan fingerprint density at radius 2 is 2.04 bits per heavy atom. The van der Waals surface area contributed by atoms with E-state index in [4.69, 9.17) is 0 Å². The SMILES string of the molecule is Cn1ccnc1-c1c(-c2ccc(F)c(F)c2)ncn1CCN1CCNC1=O. The van der Waals surface area contributed by atoms with E-state index in [1.807, 2.05) is 16.2 Å². The van der Waals surface area contributed by atoms with E-state index in [1.54, 1.807) is 23.6 Å². The molecule has 3 heterocycles. The Balaban J connectivity index is 1.73. The zero-order valence-electron chi connectivity index (χ0n) is 14.7. The van der Waals surface area contributed by atoms with Gasteiger partial charge in [-0.15, -0.1) is 0 Å². The van der Waals surface area contributed by atoms with Crippen molar-refractivity contribution in [3.05, 3.63) is 48.6 Å². The fraction of sp³-hybridized carbons (Fsp3) is 0.278. The van der Waals surface area contributed by atoms with E-state index in [-0.39, 0.29) is 6.03 Å². The summed E-state index contributed by atoms with van der Waals surface area (Å²) in [5.41, 5.74) is 1.66. The van der Waals surface area contributed by atoms with Crippen LogP contribution in [-0.4, -0.2) is 49.7 Å². The highest BCUT2D eigenvalue weighted by Gasteiger charge is 2.22. The van der Waals surface area contributed by atoms with Gasteiger partial charge in [0, 0.05) is 51.2 Å². The Bertz CT molecular complexity index is 996. The Kier molecular flexibility index (Phi) is 4.35. The van der Waals surface area contributed by atoms with Crippen LogP contribution in [0.15, 0.2) is 36.9 Å². The number of amides is 2. The van der Waals surface area contributed by atoms with Crippen LogP contribution < -0.4 is 5.32 Å². The molecule has 0 spiro atoms. The molecule has 140 valence electrons. The van der Waals surface area contributed by atoms with E-state index in [1.165, 1.54) is 6.07 Å². The minimum atomic E-state index is -0.929. The highest BCUT2D eigenvalue weighted by molar-refractivity contribution is 5.76. The van der Waals surface area contributed by atoms with Gasteiger partial charge in [0.05, 0.1) is 12.0 Å². The van der Waals surface area contributed by atoms with Crippen LogP contribution in [0.4, 0.5) is 13.6 Å². The first kappa shape index (κ1) is 17.2. The van der Waals surface area contributed by atoms with Gasteiger partial charge < -0.3 is 19.4 Å². The minimum absolute atomic E-state index is 0.0884. The number of rotatable bonds is 5. The molecule has 4 rings (SSSR count). The first-order chi connectivity index (χ1) is 13.0. The van der Waals surface area contributed by atoms with Crippen molar-refractivity contribution >= 4 is 6.03 Å². The molecule has 0 aliphatic carbocycles. The lowest BCUT2D eigenvalue weighted by molar-refractivity contribution is 0.215. The lowest BCUT2D eigenvalue weighted by Gasteiger charge is -2.16. The quantitative estimate of drug-likeness (QED) is 0.747. The van der Waals surface area contributed by atoms with Crippen LogP contribution >= 0.6 is 0 Å². The smallest absolute Gasteiger partial charge is 0.317 e. The van der Waals surface area contributed by atoms with Crippen LogP contribution in [0.2, 0.25) is 0 Å². The molecule has 3 aromatic rings. The van der Waals surface area contributed by atoms with Gasteiger partial charge in [-0.05, 0) is 18.2 Å². The largest absolute Gasteiger partial charge is 0.336 e. The van der Waals surface area contributed by atoms with Gasteiger partial charge in [-0.3, -0.25) is 0 Å². The third-order valence-corrected chi connectivity index (χ3v) is 4.62. The van der Waals surface area contributed by atoms with Crippen molar-refractivity contribution in [3.8, 4) is 22.8 Å². The number of halogens is 2. The Morgan fingerprint density at radius 3 is 2.70 bits per heavy atom. The van der Waals surface area contributed by atoms with E-state index in [0.717, 1.165) is 12.1 Å². The zero-order chi connectivity index (χ0) is 19.0. The van der Waals surface area contributed by atoms with Gasteiger partial charge in [0.25, 0.3) is 0 Å². The van der Waals surface area contributed by atoms with Gasteiger partial charge in [-0.2, -0.15) is 0 Å². The molecule has 0 saturated carbocycles. The summed E-state index contributed by atoms with van der Waals surface area (Å²) in [5.74, 6) is -1.18. The van der Waals surface area contributed by atoms with Crippen LogP contribution in [0.5, 0.6) is 0 Å². The first-order valence-electron chi connectivity index (χ1n) is 8.55. The average molecular weight is 372 g/mol. The fourth-order valence-electron chi connectivity index (χ4n) is 3.19. The number of urea groups is 1. The molecule has 0 unspecified atom stereocenters. The van der Waals surface area contributed by atoms with Crippen LogP contribution in [0, 0.1) is 11.6 Å². The number of nitrogens with zero attached hydrogens (tertiary/aromatic N) is 5. The summed E-state index contributed by atoms with van der Waals surface area (Å²) in [6, 6.07) is 3.61. The third-order valence-electron chi connectivity index (χ3n) is 4.62. The predicted molar refractivity (Wildman–Crippen MR) is 94.8 cm³/mol. The lowest BCUT2D eigenvalue weighted by atomic mass is 10.1. The van der Waals surface area contributed by atoms with Gasteiger partial charge in [-0.1, -0.05) is 0 Å². The molecule has 1 N–H and O–H groups in total. The van der Waals surface area contributed by atoms with E-state index in [9.17, 15) is 13.6 Å². The van der Waals surface area contributed by atoms with Crippen molar-refractivity contribution in [1.29, 1.82) is 0 Å². The molecule has 1 aliphatic heterocycles. The van der Waals surface area contributed by atoms with Crippen molar-refractivity contribution in [2.24, 2.45) is 7.05 Å². The van der Waals surface area contributed by atoms with Gasteiger partial charge in [0.1, 0.15) is 5.69 Å². The van der Waals surface area contributed by atoms with Crippen LogP contribution in [0.1, 0.15) is 0 Å². The molecule has 2 aromatic heterocycles. The number of hydrogen-bond acceptors (Lipinski definition) is 3. The summed E-state index contributed by atoms with van der Waals surface area (Å²) in [5, 5.41) is 2.77. The number of carbonyl (C=O) groups excluding carboxylic acids is 1. The second kappa shape index (κ2) is 6.82. The molecular formula is C18H18F2N6O. The standard InChI is InChI=1S/C18H18F2N6O/c1-24-6-4-21-17(24)16-15(12-2-3-13(19)14(20)10-12)23-11-26(16)9-8-25-7-5-22-18(25)27/h2-4,6,10-11H,5,7-9H2,1H3,(H,22,27). The Labute approximate surface area is 154 Å². The van der Waals surface area contributed by atoms with Crippen LogP contribution in [0.3, 0.4) is 0 Å². The average Bonchev–Trinajstić information content (AvgIpc) is 3.35. The van der Waals surface area contributed by atoms with Crippen molar-refractivity contribution in [2.75, 3.05) is 19.6 Å². The second-order valence-electron chi connectivity index (χ2n) is 6.34.